The Bertz CT molecular complexity index is 366. The molecule has 0 saturated heterocycles. The lowest BCUT2D eigenvalue weighted by molar-refractivity contribution is -0.120. The van der Waals surface area contributed by atoms with Crippen molar-refractivity contribution >= 4 is 21.8 Å². The van der Waals surface area contributed by atoms with Crippen molar-refractivity contribution in [2.24, 2.45) is 0 Å². The van der Waals surface area contributed by atoms with E-state index in [1.807, 2.05) is 13.0 Å². The Balaban J connectivity index is 2.40. The lowest BCUT2D eigenvalue weighted by Gasteiger charge is -2.08. The Morgan fingerprint density at radius 2 is 2.19 bits per heavy atom. The maximum atomic E-state index is 11.2. The summed E-state index contributed by atoms with van der Waals surface area (Å²) in [5, 5.41) is 5.87. The number of rotatable bonds is 5. The zero-order valence-corrected chi connectivity index (χ0v) is 11.2. The molecule has 0 radical (unpaired) electrons. The molecule has 0 atom stereocenters. The minimum atomic E-state index is 0.0391. The van der Waals surface area contributed by atoms with Gasteiger partial charge in [-0.15, -0.1) is 0 Å². The van der Waals surface area contributed by atoms with Crippen LogP contribution in [0.3, 0.4) is 0 Å². The third-order valence-corrected chi connectivity index (χ3v) is 2.77. The number of carbonyl (C=O) groups is 1. The first-order valence-corrected chi connectivity index (χ1v) is 6.15. The SMILES string of the molecule is CCNC(=O)CNCc1ccc(Br)cc1C. The fourth-order valence-corrected chi connectivity index (χ4v) is 1.90. The van der Waals surface area contributed by atoms with Crippen LogP contribution in [0, 0.1) is 6.92 Å². The number of nitrogens with one attached hydrogen (secondary N) is 2. The number of carbonyl (C=O) groups excluding carboxylic acids is 1. The van der Waals surface area contributed by atoms with Gasteiger partial charge >= 0.3 is 0 Å². The third kappa shape index (κ3) is 4.33. The summed E-state index contributed by atoms with van der Waals surface area (Å²) in [6.45, 7) is 5.74. The second-order valence-electron chi connectivity index (χ2n) is 3.63. The van der Waals surface area contributed by atoms with Gasteiger partial charge < -0.3 is 10.6 Å². The van der Waals surface area contributed by atoms with Crippen molar-refractivity contribution in [3.8, 4) is 0 Å². The van der Waals surface area contributed by atoms with Gasteiger partial charge in [-0.3, -0.25) is 4.79 Å². The van der Waals surface area contributed by atoms with Crippen molar-refractivity contribution in [1.29, 1.82) is 0 Å². The molecule has 0 unspecified atom stereocenters. The van der Waals surface area contributed by atoms with E-state index in [1.54, 1.807) is 0 Å². The van der Waals surface area contributed by atoms with Crippen LogP contribution in [0.5, 0.6) is 0 Å². The van der Waals surface area contributed by atoms with Gasteiger partial charge in [0.25, 0.3) is 0 Å². The summed E-state index contributed by atoms with van der Waals surface area (Å²) in [5.41, 5.74) is 2.44. The lowest BCUT2D eigenvalue weighted by Crippen LogP contribution is -2.33. The average Bonchev–Trinajstić information content (AvgIpc) is 2.22. The number of aryl methyl sites for hydroxylation is 1. The molecule has 0 saturated carbocycles. The molecule has 1 rings (SSSR count). The molecule has 0 spiro atoms. The Morgan fingerprint density at radius 1 is 1.44 bits per heavy atom. The van der Waals surface area contributed by atoms with E-state index >= 15 is 0 Å². The highest BCUT2D eigenvalue weighted by atomic mass is 79.9. The van der Waals surface area contributed by atoms with E-state index < -0.39 is 0 Å². The molecule has 16 heavy (non-hydrogen) atoms. The van der Waals surface area contributed by atoms with E-state index in [-0.39, 0.29) is 5.91 Å². The number of halogens is 1. The average molecular weight is 285 g/mol. The van der Waals surface area contributed by atoms with E-state index in [1.165, 1.54) is 11.1 Å². The highest BCUT2D eigenvalue weighted by Gasteiger charge is 2.01. The number of hydrogen-bond donors (Lipinski definition) is 2. The lowest BCUT2D eigenvalue weighted by atomic mass is 10.1. The van der Waals surface area contributed by atoms with Gasteiger partial charge in [-0.2, -0.15) is 0 Å². The molecule has 4 heteroatoms. The van der Waals surface area contributed by atoms with Crippen molar-refractivity contribution in [3.05, 3.63) is 33.8 Å². The second-order valence-corrected chi connectivity index (χ2v) is 4.54. The number of hydrogen-bond acceptors (Lipinski definition) is 2. The Morgan fingerprint density at radius 3 is 2.81 bits per heavy atom. The molecule has 0 aliphatic carbocycles. The maximum absolute atomic E-state index is 11.2. The third-order valence-electron chi connectivity index (χ3n) is 2.28. The Hall–Kier alpha value is -0.870. The van der Waals surface area contributed by atoms with Gasteiger partial charge in [-0.25, -0.2) is 0 Å². The van der Waals surface area contributed by atoms with Gasteiger partial charge in [0.15, 0.2) is 0 Å². The van der Waals surface area contributed by atoms with Gasteiger partial charge in [0, 0.05) is 17.6 Å². The molecule has 1 aromatic rings. The molecule has 0 bridgehead atoms. The molecular weight excluding hydrogens is 268 g/mol. The molecule has 0 aliphatic rings. The molecule has 1 aromatic carbocycles. The zero-order valence-electron chi connectivity index (χ0n) is 9.64. The Labute approximate surface area is 105 Å². The summed E-state index contributed by atoms with van der Waals surface area (Å²) in [4.78, 5) is 11.2. The predicted octanol–water partition coefficient (Wildman–Crippen LogP) is 1.98. The van der Waals surface area contributed by atoms with Crippen molar-refractivity contribution in [1.82, 2.24) is 10.6 Å². The molecule has 2 N–H and O–H groups in total. The second kappa shape index (κ2) is 6.66. The highest BCUT2D eigenvalue weighted by Crippen LogP contribution is 2.15. The molecule has 3 nitrogen and oxygen atoms in total. The van der Waals surface area contributed by atoms with E-state index in [9.17, 15) is 4.79 Å². The summed E-state index contributed by atoms with van der Waals surface area (Å²) in [5.74, 6) is 0.0391. The molecule has 0 aliphatic heterocycles. The van der Waals surface area contributed by atoms with Crippen LogP contribution in [0.25, 0.3) is 0 Å². The van der Waals surface area contributed by atoms with Gasteiger partial charge in [-0.1, -0.05) is 22.0 Å². The van der Waals surface area contributed by atoms with Gasteiger partial charge in [0.1, 0.15) is 0 Å². The van der Waals surface area contributed by atoms with Crippen molar-refractivity contribution in [2.45, 2.75) is 20.4 Å². The number of amides is 1. The fraction of sp³-hybridized carbons (Fsp3) is 0.417. The number of likely N-dealkylation sites (N-methyl/N-ethyl adjacent to an activating group) is 1. The highest BCUT2D eigenvalue weighted by molar-refractivity contribution is 9.10. The van der Waals surface area contributed by atoms with E-state index in [0.717, 1.165) is 11.0 Å². The van der Waals surface area contributed by atoms with Crippen LogP contribution in [0.15, 0.2) is 22.7 Å². The van der Waals surface area contributed by atoms with Crippen LogP contribution in [0.4, 0.5) is 0 Å². The van der Waals surface area contributed by atoms with Crippen LogP contribution in [0.2, 0.25) is 0 Å². The summed E-state index contributed by atoms with van der Waals surface area (Å²) in [7, 11) is 0. The van der Waals surface area contributed by atoms with Gasteiger partial charge in [0.05, 0.1) is 6.54 Å². The number of benzene rings is 1. The fourth-order valence-electron chi connectivity index (χ4n) is 1.43. The molecule has 1 amide bonds. The van der Waals surface area contributed by atoms with Crippen LogP contribution >= 0.6 is 15.9 Å². The smallest absolute Gasteiger partial charge is 0.233 e. The van der Waals surface area contributed by atoms with Crippen LogP contribution < -0.4 is 10.6 Å². The monoisotopic (exact) mass is 284 g/mol. The quantitative estimate of drug-likeness (QED) is 0.868. The van der Waals surface area contributed by atoms with Gasteiger partial charge in [-0.05, 0) is 37.1 Å². The van der Waals surface area contributed by atoms with Gasteiger partial charge in [0.2, 0.25) is 5.91 Å². The van der Waals surface area contributed by atoms with Crippen molar-refractivity contribution in [2.75, 3.05) is 13.1 Å². The first-order chi connectivity index (χ1) is 7.63. The molecular formula is C12H17BrN2O. The summed E-state index contributed by atoms with van der Waals surface area (Å²) >= 11 is 3.42. The molecule has 0 heterocycles. The van der Waals surface area contributed by atoms with Crippen molar-refractivity contribution < 1.29 is 4.79 Å². The first kappa shape index (κ1) is 13.2. The summed E-state index contributed by atoms with van der Waals surface area (Å²) in [6, 6.07) is 6.14. The molecule has 88 valence electrons. The predicted molar refractivity (Wildman–Crippen MR) is 69.3 cm³/mol. The summed E-state index contributed by atoms with van der Waals surface area (Å²) < 4.78 is 1.08. The van der Waals surface area contributed by atoms with Crippen LogP contribution in [0.1, 0.15) is 18.1 Å². The van der Waals surface area contributed by atoms with E-state index in [4.69, 9.17) is 0 Å². The minimum Gasteiger partial charge on any atom is -0.355 e. The van der Waals surface area contributed by atoms with E-state index in [2.05, 4.69) is 45.6 Å². The summed E-state index contributed by atoms with van der Waals surface area (Å²) in [6.07, 6.45) is 0. The molecule has 0 fully saturated rings. The maximum Gasteiger partial charge on any atom is 0.233 e. The van der Waals surface area contributed by atoms with E-state index in [0.29, 0.717) is 13.1 Å². The zero-order chi connectivity index (χ0) is 12.0. The van der Waals surface area contributed by atoms with Crippen LogP contribution in [-0.4, -0.2) is 19.0 Å². The standard InChI is InChI=1S/C12H17BrN2O/c1-3-15-12(16)8-14-7-10-4-5-11(13)6-9(10)2/h4-6,14H,3,7-8H2,1-2H3,(H,15,16). The minimum absolute atomic E-state index is 0.0391. The Kier molecular flexibility index (Phi) is 5.49. The first-order valence-electron chi connectivity index (χ1n) is 5.36. The largest absolute Gasteiger partial charge is 0.355 e. The van der Waals surface area contributed by atoms with Crippen LogP contribution in [-0.2, 0) is 11.3 Å². The topological polar surface area (TPSA) is 41.1 Å². The van der Waals surface area contributed by atoms with Crippen molar-refractivity contribution in [3.63, 3.8) is 0 Å². The molecule has 0 aromatic heterocycles. The normalized spacial score (nSPS) is 10.2.